The van der Waals surface area contributed by atoms with Gasteiger partial charge in [0.1, 0.15) is 5.54 Å². The summed E-state index contributed by atoms with van der Waals surface area (Å²) in [5.41, 5.74) is 5.27. The van der Waals surface area contributed by atoms with Crippen molar-refractivity contribution in [3.63, 3.8) is 0 Å². The van der Waals surface area contributed by atoms with Crippen molar-refractivity contribution in [1.82, 2.24) is 10.2 Å². The first-order valence-corrected chi connectivity index (χ1v) is 7.78. The zero-order valence-electron chi connectivity index (χ0n) is 12.6. The maximum atomic E-state index is 12.1. The summed E-state index contributed by atoms with van der Waals surface area (Å²) >= 11 is 0. The largest absolute Gasteiger partial charge is 0.368 e. The molecule has 0 aromatic heterocycles. The Bertz CT molecular complexity index is 329. The molecule has 1 aliphatic carbocycles. The quantitative estimate of drug-likeness (QED) is 0.764. The van der Waals surface area contributed by atoms with Crippen molar-refractivity contribution >= 4 is 5.91 Å². The lowest BCUT2D eigenvalue weighted by Gasteiger charge is -2.43. The van der Waals surface area contributed by atoms with E-state index in [1.165, 1.54) is 12.8 Å². The number of hydrogen-bond donors (Lipinski definition) is 2. The average Bonchev–Trinajstić information content (AvgIpc) is 3.17. The molecule has 0 aromatic rings. The molecule has 110 valence electrons. The third-order valence-electron chi connectivity index (χ3n) is 4.91. The van der Waals surface area contributed by atoms with Gasteiger partial charge in [0, 0.05) is 19.1 Å². The van der Waals surface area contributed by atoms with Crippen LogP contribution in [-0.4, -0.2) is 42.0 Å². The summed E-state index contributed by atoms with van der Waals surface area (Å²) in [6.45, 7) is 9.31. The minimum absolute atomic E-state index is 0.165. The Morgan fingerprint density at radius 2 is 2.00 bits per heavy atom. The number of likely N-dealkylation sites (tertiary alicyclic amines) is 1. The zero-order valence-corrected chi connectivity index (χ0v) is 12.6. The molecule has 1 saturated carbocycles. The van der Waals surface area contributed by atoms with E-state index >= 15 is 0 Å². The second-order valence-electron chi connectivity index (χ2n) is 6.60. The summed E-state index contributed by atoms with van der Waals surface area (Å²) in [6.07, 6.45) is 4.79. The van der Waals surface area contributed by atoms with Crippen LogP contribution in [0.15, 0.2) is 0 Å². The molecule has 0 bridgehead atoms. The van der Waals surface area contributed by atoms with Crippen molar-refractivity contribution in [1.29, 1.82) is 0 Å². The Labute approximate surface area is 117 Å². The molecule has 1 amide bonds. The fourth-order valence-electron chi connectivity index (χ4n) is 3.51. The molecule has 1 aliphatic heterocycles. The van der Waals surface area contributed by atoms with Gasteiger partial charge in [0.05, 0.1) is 0 Å². The third kappa shape index (κ3) is 3.11. The number of nitrogens with two attached hydrogens (primary N) is 1. The van der Waals surface area contributed by atoms with Crippen LogP contribution in [0.2, 0.25) is 0 Å². The van der Waals surface area contributed by atoms with Gasteiger partial charge in [-0.15, -0.1) is 0 Å². The lowest BCUT2D eigenvalue weighted by molar-refractivity contribution is -0.126. The van der Waals surface area contributed by atoms with Crippen LogP contribution in [0.4, 0.5) is 0 Å². The van der Waals surface area contributed by atoms with E-state index in [2.05, 4.69) is 31.0 Å². The molecule has 2 rings (SSSR count). The van der Waals surface area contributed by atoms with Crippen LogP contribution in [0.1, 0.15) is 46.5 Å². The van der Waals surface area contributed by atoms with Gasteiger partial charge in [-0.05, 0) is 51.0 Å². The summed E-state index contributed by atoms with van der Waals surface area (Å²) < 4.78 is 0. The molecule has 3 unspecified atom stereocenters. The lowest BCUT2D eigenvalue weighted by atomic mass is 9.87. The van der Waals surface area contributed by atoms with Crippen LogP contribution in [-0.2, 0) is 4.79 Å². The first-order chi connectivity index (χ1) is 8.99. The number of hydrogen-bond acceptors (Lipinski definition) is 3. The summed E-state index contributed by atoms with van der Waals surface area (Å²) in [4.78, 5) is 14.6. The fraction of sp³-hybridized carbons (Fsp3) is 0.933. The van der Waals surface area contributed by atoms with Crippen LogP contribution < -0.4 is 11.1 Å². The number of piperidine rings is 1. The molecule has 2 fully saturated rings. The van der Waals surface area contributed by atoms with E-state index < -0.39 is 5.54 Å². The predicted molar refractivity (Wildman–Crippen MR) is 77.8 cm³/mol. The molecule has 0 spiro atoms. The predicted octanol–water partition coefficient (Wildman–Crippen LogP) is 1.35. The molecule has 2 aliphatic rings. The fourth-order valence-corrected chi connectivity index (χ4v) is 3.51. The van der Waals surface area contributed by atoms with Gasteiger partial charge < -0.3 is 11.1 Å². The highest BCUT2D eigenvalue weighted by atomic mass is 16.1. The first kappa shape index (κ1) is 14.8. The van der Waals surface area contributed by atoms with Gasteiger partial charge in [-0.2, -0.15) is 0 Å². The van der Waals surface area contributed by atoms with Gasteiger partial charge in [-0.3, -0.25) is 9.69 Å². The average molecular weight is 267 g/mol. The summed E-state index contributed by atoms with van der Waals surface area (Å²) in [5, 5.41) is 3.42. The lowest BCUT2D eigenvalue weighted by Crippen LogP contribution is -2.64. The van der Waals surface area contributed by atoms with Crippen LogP contribution in [0.25, 0.3) is 0 Å². The van der Waals surface area contributed by atoms with E-state index in [1.807, 2.05) is 0 Å². The molecule has 3 N–H and O–H groups in total. The van der Waals surface area contributed by atoms with E-state index in [1.54, 1.807) is 0 Å². The monoisotopic (exact) mass is 267 g/mol. The number of carbonyl (C=O) groups is 1. The number of carbonyl (C=O) groups excluding carboxylic acids is 1. The molecule has 4 nitrogen and oxygen atoms in total. The third-order valence-corrected chi connectivity index (χ3v) is 4.91. The van der Waals surface area contributed by atoms with Crippen LogP contribution in [0, 0.1) is 11.8 Å². The molecular weight excluding hydrogens is 238 g/mol. The molecular formula is C15H29N3O. The highest BCUT2D eigenvalue weighted by Gasteiger charge is 2.50. The minimum atomic E-state index is -0.500. The maximum absolute atomic E-state index is 12.1. The Kier molecular flexibility index (Phi) is 4.51. The molecule has 0 radical (unpaired) electrons. The highest BCUT2D eigenvalue weighted by molar-refractivity contribution is 5.86. The molecule has 1 saturated heterocycles. The number of rotatable bonds is 6. The van der Waals surface area contributed by atoms with E-state index in [0.29, 0.717) is 12.0 Å². The van der Waals surface area contributed by atoms with Gasteiger partial charge >= 0.3 is 0 Å². The van der Waals surface area contributed by atoms with Gasteiger partial charge in [0.2, 0.25) is 5.91 Å². The Morgan fingerprint density at radius 3 is 2.53 bits per heavy atom. The van der Waals surface area contributed by atoms with Gasteiger partial charge in [0.25, 0.3) is 0 Å². The number of primary amides is 1. The number of nitrogens with zero attached hydrogens (tertiary/aromatic N) is 1. The van der Waals surface area contributed by atoms with Crippen molar-refractivity contribution in [2.45, 2.75) is 58.0 Å². The Balaban J connectivity index is 2.12. The molecule has 1 heterocycles. The Hall–Kier alpha value is -0.610. The normalized spacial score (nSPS) is 31.9. The summed E-state index contributed by atoms with van der Waals surface area (Å²) in [6, 6.07) is 0.562. The molecule has 4 heteroatoms. The van der Waals surface area contributed by atoms with E-state index in [-0.39, 0.29) is 5.91 Å². The van der Waals surface area contributed by atoms with Gasteiger partial charge in [-0.1, -0.05) is 13.8 Å². The SMILES string of the molecule is CCNC(CN1CC(C)CCC1C)(C(N)=O)C1CC1. The Morgan fingerprint density at radius 1 is 1.32 bits per heavy atom. The zero-order chi connectivity index (χ0) is 14.0. The summed E-state index contributed by atoms with van der Waals surface area (Å²) in [7, 11) is 0. The number of nitrogens with one attached hydrogen (secondary N) is 1. The standard InChI is InChI=1S/C15H29N3O/c1-4-17-15(14(16)19,13-7-8-13)10-18-9-11(2)5-6-12(18)3/h11-13,17H,4-10H2,1-3H3,(H2,16,19). The number of amides is 1. The first-order valence-electron chi connectivity index (χ1n) is 7.78. The molecule has 19 heavy (non-hydrogen) atoms. The second kappa shape index (κ2) is 5.80. The van der Waals surface area contributed by atoms with Crippen molar-refractivity contribution in [3.05, 3.63) is 0 Å². The van der Waals surface area contributed by atoms with E-state index in [0.717, 1.165) is 38.4 Å². The van der Waals surface area contributed by atoms with Gasteiger partial charge in [-0.25, -0.2) is 0 Å². The number of likely N-dealkylation sites (N-methyl/N-ethyl adjacent to an activating group) is 1. The topological polar surface area (TPSA) is 58.4 Å². The van der Waals surface area contributed by atoms with Crippen molar-refractivity contribution in [2.24, 2.45) is 17.6 Å². The summed E-state index contributed by atoms with van der Waals surface area (Å²) in [5.74, 6) is 0.999. The van der Waals surface area contributed by atoms with Crippen LogP contribution in [0.3, 0.4) is 0 Å². The highest BCUT2D eigenvalue weighted by Crippen LogP contribution is 2.41. The van der Waals surface area contributed by atoms with Gasteiger partial charge in [0.15, 0.2) is 0 Å². The van der Waals surface area contributed by atoms with E-state index in [4.69, 9.17) is 5.73 Å². The maximum Gasteiger partial charge on any atom is 0.239 e. The minimum Gasteiger partial charge on any atom is -0.368 e. The van der Waals surface area contributed by atoms with E-state index in [9.17, 15) is 4.79 Å². The van der Waals surface area contributed by atoms with Crippen LogP contribution >= 0.6 is 0 Å². The van der Waals surface area contributed by atoms with Crippen molar-refractivity contribution < 1.29 is 4.79 Å². The van der Waals surface area contributed by atoms with Crippen molar-refractivity contribution in [3.8, 4) is 0 Å². The molecule has 3 atom stereocenters. The smallest absolute Gasteiger partial charge is 0.239 e. The van der Waals surface area contributed by atoms with Crippen LogP contribution in [0.5, 0.6) is 0 Å². The second-order valence-corrected chi connectivity index (χ2v) is 6.60. The van der Waals surface area contributed by atoms with Crippen molar-refractivity contribution in [2.75, 3.05) is 19.6 Å². The molecule has 0 aromatic carbocycles.